The van der Waals surface area contributed by atoms with Gasteiger partial charge in [-0.25, -0.2) is 0 Å². The molecular weight excluding hydrogens is 412 g/mol. The number of carbonyl (C=O) groups is 2. The van der Waals surface area contributed by atoms with Crippen molar-refractivity contribution >= 4 is 33.2 Å². The number of morpholine rings is 1. The number of hydrogen-bond acceptors (Lipinski definition) is 5. The second-order valence-corrected chi connectivity index (χ2v) is 8.83. The standard InChI is InChI=1S/C24H26N2O4S/c1-25(2)24(28)22-21(18-6-4-5-7-20(18)31-22)19-14-26(12-13-30-19)23(27)17-10-8-16(9-11-17)15-29-3/h4-11,19H,12-15H2,1-3H3/t19-/m1/s1. The lowest BCUT2D eigenvalue weighted by atomic mass is 10.0. The molecule has 6 nitrogen and oxygen atoms in total. The maximum absolute atomic E-state index is 13.1. The number of carbonyl (C=O) groups excluding carboxylic acids is 2. The molecule has 1 saturated heterocycles. The lowest BCUT2D eigenvalue weighted by Gasteiger charge is -2.33. The summed E-state index contributed by atoms with van der Waals surface area (Å²) in [5.74, 6) is -0.0748. The first-order chi connectivity index (χ1) is 15.0. The first-order valence-corrected chi connectivity index (χ1v) is 11.0. The number of nitrogens with zero attached hydrogens (tertiary/aromatic N) is 2. The summed E-state index contributed by atoms with van der Waals surface area (Å²) in [6, 6.07) is 15.5. The fourth-order valence-electron chi connectivity index (χ4n) is 3.85. The van der Waals surface area contributed by atoms with Crippen LogP contribution in [0.3, 0.4) is 0 Å². The monoisotopic (exact) mass is 438 g/mol. The summed E-state index contributed by atoms with van der Waals surface area (Å²) in [4.78, 5) is 30.1. The van der Waals surface area contributed by atoms with Crippen molar-refractivity contribution in [1.82, 2.24) is 9.80 Å². The molecule has 4 rings (SSSR count). The molecule has 31 heavy (non-hydrogen) atoms. The minimum atomic E-state index is -0.347. The highest BCUT2D eigenvalue weighted by atomic mass is 32.1. The van der Waals surface area contributed by atoms with Crippen LogP contribution in [-0.4, -0.2) is 62.5 Å². The van der Waals surface area contributed by atoms with Crippen LogP contribution < -0.4 is 0 Å². The van der Waals surface area contributed by atoms with Gasteiger partial charge in [-0.1, -0.05) is 30.3 Å². The van der Waals surface area contributed by atoms with E-state index in [1.807, 2.05) is 53.4 Å². The Bertz CT molecular complexity index is 1090. The Kier molecular flexibility index (Phi) is 6.36. The van der Waals surface area contributed by atoms with Crippen molar-refractivity contribution in [3.05, 3.63) is 70.1 Å². The van der Waals surface area contributed by atoms with Crippen molar-refractivity contribution in [2.24, 2.45) is 0 Å². The molecule has 0 unspecified atom stereocenters. The van der Waals surface area contributed by atoms with Crippen molar-refractivity contribution in [3.63, 3.8) is 0 Å². The van der Waals surface area contributed by atoms with Gasteiger partial charge in [0, 0.05) is 43.6 Å². The molecule has 1 fully saturated rings. The minimum Gasteiger partial charge on any atom is -0.380 e. The molecule has 2 heterocycles. The van der Waals surface area contributed by atoms with Crippen molar-refractivity contribution < 1.29 is 19.1 Å². The lowest BCUT2D eigenvalue weighted by Crippen LogP contribution is -2.42. The van der Waals surface area contributed by atoms with Crippen LogP contribution in [0.25, 0.3) is 10.1 Å². The molecule has 3 aromatic rings. The fourth-order valence-corrected chi connectivity index (χ4v) is 5.12. The maximum atomic E-state index is 13.1. The van der Waals surface area contributed by atoms with Crippen molar-refractivity contribution in [3.8, 4) is 0 Å². The third-order valence-corrected chi connectivity index (χ3v) is 6.60. The van der Waals surface area contributed by atoms with E-state index in [0.29, 0.717) is 36.7 Å². The van der Waals surface area contributed by atoms with Crippen LogP contribution in [0.5, 0.6) is 0 Å². The van der Waals surface area contributed by atoms with Gasteiger partial charge < -0.3 is 19.3 Å². The van der Waals surface area contributed by atoms with Crippen LogP contribution in [-0.2, 0) is 16.1 Å². The molecule has 1 aliphatic rings. The van der Waals surface area contributed by atoms with E-state index in [9.17, 15) is 9.59 Å². The highest BCUT2D eigenvalue weighted by Crippen LogP contribution is 2.38. The minimum absolute atomic E-state index is 0.0303. The van der Waals surface area contributed by atoms with Crippen LogP contribution >= 0.6 is 11.3 Å². The van der Waals surface area contributed by atoms with E-state index in [0.717, 1.165) is 21.2 Å². The Morgan fingerprint density at radius 3 is 2.61 bits per heavy atom. The number of methoxy groups -OCH3 is 1. The van der Waals surface area contributed by atoms with Crippen LogP contribution in [0.2, 0.25) is 0 Å². The molecule has 1 aliphatic heterocycles. The SMILES string of the molecule is COCc1ccc(C(=O)N2CCO[C@@H](c3c(C(=O)N(C)C)sc4ccccc34)C2)cc1. The molecule has 0 spiro atoms. The van der Waals surface area contributed by atoms with Gasteiger partial charge in [0.15, 0.2) is 0 Å². The maximum Gasteiger partial charge on any atom is 0.263 e. The summed E-state index contributed by atoms with van der Waals surface area (Å²) in [5, 5.41) is 1.01. The summed E-state index contributed by atoms with van der Waals surface area (Å²) in [5.41, 5.74) is 2.54. The Balaban J connectivity index is 1.63. The predicted molar refractivity (Wildman–Crippen MR) is 122 cm³/mol. The number of benzene rings is 2. The van der Waals surface area contributed by atoms with Gasteiger partial charge in [-0.15, -0.1) is 11.3 Å². The zero-order valence-electron chi connectivity index (χ0n) is 18.0. The predicted octanol–water partition coefficient (Wildman–Crippen LogP) is 3.96. The Morgan fingerprint density at radius 1 is 1.16 bits per heavy atom. The molecule has 2 amide bonds. The Hall–Kier alpha value is -2.74. The highest BCUT2D eigenvalue weighted by molar-refractivity contribution is 7.21. The number of hydrogen-bond donors (Lipinski definition) is 0. The molecule has 0 saturated carbocycles. The Morgan fingerprint density at radius 2 is 1.90 bits per heavy atom. The fraction of sp³-hybridized carbons (Fsp3) is 0.333. The molecule has 0 bridgehead atoms. The molecule has 2 aromatic carbocycles. The second-order valence-electron chi connectivity index (χ2n) is 7.78. The van der Waals surface area contributed by atoms with Gasteiger partial charge in [0.2, 0.25) is 0 Å². The summed E-state index contributed by atoms with van der Waals surface area (Å²) >= 11 is 1.48. The molecule has 0 aliphatic carbocycles. The molecule has 162 valence electrons. The van der Waals surface area contributed by atoms with E-state index in [1.54, 1.807) is 26.1 Å². The second kappa shape index (κ2) is 9.18. The quantitative estimate of drug-likeness (QED) is 0.605. The Labute approximate surface area is 186 Å². The summed E-state index contributed by atoms with van der Waals surface area (Å²) in [6.07, 6.45) is -0.347. The van der Waals surface area contributed by atoms with Crippen LogP contribution in [0.15, 0.2) is 48.5 Å². The van der Waals surface area contributed by atoms with Gasteiger partial charge in [-0.3, -0.25) is 9.59 Å². The number of fused-ring (bicyclic) bond motifs is 1. The number of rotatable bonds is 5. The van der Waals surface area contributed by atoms with Gasteiger partial charge >= 0.3 is 0 Å². The van der Waals surface area contributed by atoms with Gasteiger partial charge in [-0.05, 0) is 29.1 Å². The van der Waals surface area contributed by atoms with Crippen molar-refractivity contribution in [2.75, 3.05) is 40.9 Å². The molecule has 0 N–H and O–H groups in total. The van der Waals surface area contributed by atoms with E-state index < -0.39 is 0 Å². The van der Waals surface area contributed by atoms with Crippen LogP contribution in [0.4, 0.5) is 0 Å². The van der Waals surface area contributed by atoms with Crippen molar-refractivity contribution in [2.45, 2.75) is 12.7 Å². The molecular formula is C24H26N2O4S. The van der Waals surface area contributed by atoms with Crippen LogP contribution in [0, 0.1) is 0 Å². The number of thiophene rings is 1. The average Bonchev–Trinajstić information content (AvgIpc) is 3.18. The average molecular weight is 439 g/mol. The van der Waals surface area contributed by atoms with Crippen molar-refractivity contribution in [1.29, 1.82) is 0 Å². The summed E-state index contributed by atoms with van der Waals surface area (Å²) in [7, 11) is 5.15. The first-order valence-electron chi connectivity index (χ1n) is 10.2. The number of amides is 2. The topological polar surface area (TPSA) is 59.1 Å². The van der Waals surface area contributed by atoms with Gasteiger partial charge in [0.1, 0.15) is 6.10 Å². The smallest absolute Gasteiger partial charge is 0.263 e. The third kappa shape index (κ3) is 4.35. The van der Waals surface area contributed by atoms with E-state index in [4.69, 9.17) is 9.47 Å². The van der Waals surface area contributed by atoms with E-state index in [1.165, 1.54) is 11.3 Å². The largest absolute Gasteiger partial charge is 0.380 e. The molecule has 7 heteroatoms. The van der Waals surface area contributed by atoms with Gasteiger partial charge in [0.05, 0.1) is 24.6 Å². The lowest BCUT2D eigenvalue weighted by molar-refractivity contribution is -0.0223. The summed E-state index contributed by atoms with van der Waals surface area (Å²) in [6.45, 7) is 1.88. The van der Waals surface area contributed by atoms with E-state index in [-0.39, 0.29) is 17.9 Å². The normalized spacial score (nSPS) is 16.5. The number of ether oxygens (including phenoxy) is 2. The zero-order chi connectivity index (χ0) is 22.0. The van der Waals surface area contributed by atoms with E-state index >= 15 is 0 Å². The van der Waals surface area contributed by atoms with Gasteiger partial charge in [-0.2, -0.15) is 0 Å². The van der Waals surface area contributed by atoms with Gasteiger partial charge in [0.25, 0.3) is 11.8 Å². The summed E-state index contributed by atoms with van der Waals surface area (Å²) < 4.78 is 12.3. The molecule has 1 atom stereocenters. The molecule has 0 radical (unpaired) electrons. The first kappa shape index (κ1) is 21.5. The molecule has 1 aromatic heterocycles. The van der Waals surface area contributed by atoms with Crippen LogP contribution in [0.1, 0.15) is 37.3 Å². The third-order valence-electron chi connectivity index (χ3n) is 5.42. The highest BCUT2D eigenvalue weighted by Gasteiger charge is 2.32. The zero-order valence-corrected chi connectivity index (χ0v) is 18.8. The van der Waals surface area contributed by atoms with E-state index in [2.05, 4.69) is 0 Å².